The van der Waals surface area contributed by atoms with Gasteiger partial charge < -0.3 is 11.1 Å². The van der Waals surface area contributed by atoms with Crippen molar-refractivity contribution in [3.05, 3.63) is 23.4 Å². The van der Waals surface area contributed by atoms with Gasteiger partial charge in [0.2, 0.25) is 0 Å². The lowest BCUT2D eigenvalue weighted by atomic mass is 9.73. The number of nitrogens with one attached hydrogen (secondary N) is 1. The minimum absolute atomic E-state index is 0.147. The highest BCUT2D eigenvalue weighted by Crippen LogP contribution is 2.40. The molecule has 2 aliphatic rings. The summed E-state index contributed by atoms with van der Waals surface area (Å²) in [6.07, 6.45) is 6.04. The van der Waals surface area contributed by atoms with Crippen molar-refractivity contribution in [2.75, 3.05) is 7.05 Å². The molecule has 2 heterocycles. The van der Waals surface area contributed by atoms with Gasteiger partial charge in [0, 0.05) is 19.0 Å². The summed E-state index contributed by atoms with van der Waals surface area (Å²) in [4.78, 5) is 0. The molecule has 2 atom stereocenters. The lowest BCUT2D eigenvalue weighted by Crippen LogP contribution is -2.49. The third kappa shape index (κ3) is 2.24. The average Bonchev–Trinajstić information content (AvgIpc) is 2.56. The number of rotatable bonds is 2. The van der Waals surface area contributed by atoms with Gasteiger partial charge in [-0.25, -0.2) is 0 Å². The van der Waals surface area contributed by atoms with Crippen molar-refractivity contribution in [2.45, 2.75) is 38.9 Å². The molecule has 2 aliphatic heterocycles. The van der Waals surface area contributed by atoms with E-state index in [1.807, 2.05) is 20.2 Å². The van der Waals surface area contributed by atoms with Crippen LogP contribution in [-0.4, -0.2) is 30.0 Å². The molecule has 0 amide bonds. The largest absolute Gasteiger partial charge is 0.380 e. The van der Waals surface area contributed by atoms with E-state index in [1.54, 1.807) is 5.01 Å². The third-order valence-electron chi connectivity index (χ3n) is 3.72. The monoisotopic (exact) mass is 259 g/mol. The highest BCUT2D eigenvalue weighted by atomic mass is 15.5. The van der Waals surface area contributed by atoms with Crippen LogP contribution in [0, 0.1) is 16.7 Å². The van der Waals surface area contributed by atoms with Gasteiger partial charge in [-0.05, 0) is 32.4 Å². The van der Waals surface area contributed by atoms with Crippen LogP contribution in [0.15, 0.2) is 28.5 Å². The van der Waals surface area contributed by atoms with E-state index in [-0.39, 0.29) is 11.7 Å². The maximum atomic E-state index is 9.17. The molecule has 2 unspecified atom stereocenters. The van der Waals surface area contributed by atoms with Crippen LogP contribution in [0.2, 0.25) is 0 Å². The van der Waals surface area contributed by atoms with E-state index >= 15 is 0 Å². The Morgan fingerprint density at radius 2 is 2.26 bits per heavy atom. The van der Waals surface area contributed by atoms with Crippen LogP contribution in [0.25, 0.3) is 0 Å². The van der Waals surface area contributed by atoms with Gasteiger partial charge >= 0.3 is 0 Å². The van der Waals surface area contributed by atoms with Crippen molar-refractivity contribution in [3.8, 4) is 6.07 Å². The second-order valence-corrected chi connectivity index (χ2v) is 5.91. The quantitative estimate of drug-likeness (QED) is 0.784. The number of dihydropyridines is 1. The molecule has 0 aromatic carbocycles. The Morgan fingerprint density at radius 1 is 1.58 bits per heavy atom. The Hall–Kier alpha value is -1.80. The number of nitriles is 1. The third-order valence-corrected chi connectivity index (χ3v) is 3.72. The first-order valence-corrected chi connectivity index (χ1v) is 6.41. The normalized spacial score (nSPS) is 32.4. The minimum atomic E-state index is -0.524. The molecule has 0 radical (unpaired) electrons. The number of allylic oxidation sites excluding steroid dienone is 2. The molecule has 0 aromatic rings. The van der Waals surface area contributed by atoms with Crippen molar-refractivity contribution < 1.29 is 0 Å². The van der Waals surface area contributed by atoms with Gasteiger partial charge in [-0.15, -0.1) is 0 Å². The molecular formula is C14H21N5. The second-order valence-electron chi connectivity index (χ2n) is 5.91. The number of hydrazone groups is 1. The first-order valence-electron chi connectivity index (χ1n) is 6.41. The Balaban J connectivity index is 2.50. The molecule has 0 aromatic heterocycles. The summed E-state index contributed by atoms with van der Waals surface area (Å²) >= 11 is 0. The lowest BCUT2D eigenvalue weighted by molar-refractivity contribution is 0.210. The van der Waals surface area contributed by atoms with Crippen LogP contribution >= 0.6 is 0 Å². The zero-order valence-corrected chi connectivity index (χ0v) is 11.9. The number of nitrogens with zero attached hydrogens (tertiary/aromatic N) is 3. The summed E-state index contributed by atoms with van der Waals surface area (Å²) in [6, 6.07) is 2.25. The molecule has 0 fully saturated rings. The molecule has 0 bridgehead atoms. The molecule has 5 heteroatoms. The van der Waals surface area contributed by atoms with Crippen molar-refractivity contribution in [1.82, 2.24) is 10.3 Å². The lowest BCUT2D eigenvalue weighted by Gasteiger charge is -2.38. The van der Waals surface area contributed by atoms with Crippen LogP contribution in [0.1, 0.15) is 27.2 Å². The summed E-state index contributed by atoms with van der Waals surface area (Å²) in [6.45, 7) is 6.23. The Labute approximate surface area is 114 Å². The molecule has 0 spiro atoms. The summed E-state index contributed by atoms with van der Waals surface area (Å²) in [5, 5.41) is 18.6. The van der Waals surface area contributed by atoms with Gasteiger partial charge in [0.05, 0.1) is 23.4 Å². The molecular weight excluding hydrogens is 238 g/mol. The fraction of sp³-hybridized carbons (Fsp3) is 0.571. The van der Waals surface area contributed by atoms with Crippen LogP contribution in [-0.2, 0) is 0 Å². The number of hydrogen-bond acceptors (Lipinski definition) is 5. The maximum Gasteiger partial charge on any atom is 0.109 e. The molecule has 0 aliphatic carbocycles. The van der Waals surface area contributed by atoms with Crippen LogP contribution < -0.4 is 11.1 Å². The van der Waals surface area contributed by atoms with Crippen LogP contribution in [0.5, 0.6) is 0 Å². The molecule has 102 valence electrons. The van der Waals surface area contributed by atoms with E-state index < -0.39 is 5.41 Å². The molecule has 0 saturated carbocycles. The van der Waals surface area contributed by atoms with E-state index in [2.05, 4.69) is 42.5 Å². The predicted octanol–water partition coefficient (Wildman–Crippen LogP) is 1.31. The van der Waals surface area contributed by atoms with Crippen molar-refractivity contribution >= 4 is 6.21 Å². The van der Waals surface area contributed by atoms with E-state index in [4.69, 9.17) is 5.73 Å². The topological polar surface area (TPSA) is 77.4 Å². The van der Waals surface area contributed by atoms with E-state index in [1.165, 1.54) is 0 Å². The highest BCUT2D eigenvalue weighted by molar-refractivity contribution is 5.76. The summed E-state index contributed by atoms with van der Waals surface area (Å²) in [5.74, 6) is 0. The standard InChI is InChI=1S/C14H21N5/c1-10-7-11(8-13(2,3)18-10)14(5-6-15)9-17-19(4)12(14)16/h7-9,12,18H,5,16H2,1-4H3. The average molecular weight is 259 g/mol. The van der Waals surface area contributed by atoms with Gasteiger partial charge in [-0.2, -0.15) is 10.4 Å². The van der Waals surface area contributed by atoms with E-state index in [9.17, 15) is 5.26 Å². The molecule has 5 nitrogen and oxygen atoms in total. The number of nitrogens with two attached hydrogens (primary N) is 1. The highest BCUT2D eigenvalue weighted by Gasteiger charge is 2.45. The Kier molecular flexibility index (Phi) is 3.15. The van der Waals surface area contributed by atoms with Crippen molar-refractivity contribution in [3.63, 3.8) is 0 Å². The first kappa shape index (κ1) is 13.6. The SMILES string of the molecule is CC1=CC(C2(CC#N)C=NN(C)C2N)=CC(C)(C)N1. The predicted molar refractivity (Wildman–Crippen MR) is 75.9 cm³/mol. The fourth-order valence-electron chi connectivity index (χ4n) is 2.82. The molecule has 0 saturated heterocycles. The zero-order valence-electron chi connectivity index (χ0n) is 11.9. The zero-order chi connectivity index (χ0) is 14.3. The van der Waals surface area contributed by atoms with Gasteiger partial charge in [0.25, 0.3) is 0 Å². The molecule has 19 heavy (non-hydrogen) atoms. The minimum Gasteiger partial charge on any atom is -0.380 e. The Morgan fingerprint density at radius 3 is 2.74 bits per heavy atom. The van der Waals surface area contributed by atoms with Crippen LogP contribution in [0.4, 0.5) is 0 Å². The van der Waals surface area contributed by atoms with Gasteiger partial charge in [-0.1, -0.05) is 6.08 Å². The smallest absolute Gasteiger partial charge is 0.109 e. The molecule has 2 rings (SSSR count). The second kappa shape index (κ2) is 4.39. The molecule has 3 N–H and O–H groups in total. The first-order chi connectivity index (χ1) is 8.81. The van der Waals surface area contributed by atoms with Gasteiger partial charge in [-0.3, -0.25) is 5.01 Å². The van der Waals surface area contributed by atoms with E-state index in [0.29, 0.717) is 6.42 Å². The van der Waals surface area contributed by atoms with Crippen LogP contribution in [0.3, 0.4) is 0 Å². The summed E-state index contributed by atoms with van der Waals surface area (Å²) in [5.41, 5.74) is 7.74. The van der Waals surface area contributed by atoms with Crippen molar-refractivity contribution in [1.29, 1.82) is 5.26 Å². The maximum absolute atomic E-state index is 9.17. The summed E-state index contributed by atoms with van der Waals surface area (Å²) < 4.78 is 0. The Bertz CT molecular complexity index is 508. The summed E-state index contributed by atoms with van der Waals surface area (Å²) in [7, 11) is 1.84. The van der Waals surface area contributed by atoms with Crippen molar-refractivity contribution in [2.24, 2.45) is 16.3 Å². The van der Waals surface area contributed by atoms with Gasteiger partial charge in [0.15, 0.2) is 0 Å². The van der Waals surface area contributed by atoms with Gasteiger partial charge in [0.1, 0.15) is 6.17 Å². The fourth-order valence-corrected chi connectivity index (χ4v) is 2.82. The number of hydrogen-bond donors (Lipinski definition) is 2. The van der Waals surface area contributed by atoms with E-state index in [0.717, 1.165) is 11.3 Å².